The van der Waals surface area contributed by atoms with Crippen LogP contribution in [0.2, 0.25) is 10.0 Å². The van der Waals surface area contributed by atoms with Gasteiger partial charge in [-0.3, -0.25) is 4.99 Å². The van der Waals surface area contributed by atoms with Crippen molar-refractivity contribution in [1.82, 2.24) is 4.90 Å². The number of benzene rings is 1. The molecule has 0 aromatic heterocycles. The highest BCUT2D eigenvalue weighted by atomic mass is 35.5. The second-order valence-corrected chi connectivity index (χ2v) is 4.84. The lowest BCUT2D eigenvalue weighted by Crippen LogP contribution is -2.36. The van der Waals surface area contributed by atoms with Gasteiger partial charge in [-0.15, -0.1) is 12.4 Å². The van der Waals surface area contributed by atoms with E-state index < -0.39 is 0 Å². The smallest absolute Gasteiger partial charge is 0.146 e. The number of oxime groups is 1. The number of rotatable bonds is 3. The summed E-state index contributed by atoms with van der Waals surface area (Å²) in [5, 5.41) is 12.9. The van der Waals surface area contributed by atoms with Gasteiger partial charge in [-0.25, -0.2) is 0 Å². The topological polar surface area (TPSA) is 48.2 Å². The van der Waals surface area contributed by atoms with Crippen LogP contribution in [-0.2, 0) is 6.54 Å². The van der Waals surface area contributed by atoms with Gasteiger partial charge in [0.2, 0.25) is 0 Å². The van der Waals surface area contributed by atoms with Crippen LogP contribution in [0.25, 0.3) is 0 Å². The Bertz CT molecular complexity index is 491. The molecule has 0 saturated heterocycles. The highest BCUT2D eigenvalue weighted by Gasteiger charge is 2.15. The molecule has 0 aliphatic carbocycles. The predicted octanol–water partition coefficient (Wildman–Crippen LogP) is 3.48. The molecule has 4 nitrogen and oxygen atoms in total. The van der Waals surface area contributed by atoms with Gasteiger partial charge in [0.25, 0.3) is 0 Å². The lowest BCUT2D eigenvalue weighted by molar-refractivity contribution is 0.320. The Balaban J connectivity index is 0.00000180. The fourth-order valence-electron chi connectivity index (χ4n) is 1.86. The van der Waals surface area contributed by atoms with Gasteiger partial charge in [-0.1, -0.05) is 34.4 Å². The van der Waals surface area contributed by atoms with Gasteiger partial charge in [0.15, 0.2) is 0 Å². The summed E-state index contributed by atoms with van der Waals surface area (Å²) in [5.74, 6) is 0.676. The van der Waals surface area contributed by atoms with Gasteiger partial charge >= 0.3 is 0 Å². The molecular formula is C12H14Cl3N3O. The van der Waals surface area contributed by atoms with Gasteiger partial charge < -0.3 is 10.1 Å². The van der Waals surface area contributed by atoms with E-state index in [1.807, 2.05) is 17.0 Å². The first-order valence-electron chi connectivity index (χ1n) is 5.61. The molecule has 0 atom stereocenters. The lowest BCUT2D eigenvalue weighted by Gasteiger charge is -2.27. The van der Waals surface area contributed by atoms with E-state index in [1.165, 1.54) is 6.21 Å². The van der Waals surface area contributed by atoms with Crippen LogP contribution in [0.1, 0.15) is 12.0 Å². The molecule has 1 aliphatic rings. The van der Waals surface area contributed by atoms with Crippen molar-refractivity contribution in [2.45, 2.75) is 13.0 Å². The monoisotopic (exact) mass is 321 g/mol. The standard InChI is InChI=1S/C12H13Cl2N3O.ClH/c13-10-3-2-9(11(14)6-10)8-17-5-1-4-15-12(17)7-16-18;/h2-3,6-7,18H,1,4-5,8H2;1H/b16-7+;. The van der Waals surface area contributed by atoms with Crippen LogP contribution < -0.4 is 0 Å². The van der Waals surface area contributed by atoms with Crippen LogP contribution in [-0.4, -0.2) is 35.2 Å². The van der Waals surface area contributed by atoms with Gasteiger partial charge in [0.05, 0.1) is 0 Å². The van der Waals surface area contributed by atoms with E-state index in [0.717, 1.165) is 25.1 Å². The van der Waals surface area contributed by atoms with E-state index in [2.05, 4.69) is 10.1 Å². The molecule has 0 unspecified atom stereocenters. The van der Waals surface area contributed by atoms with E-state index in [-0.39, 0.29) is 12.4 Å². The van der Waals surface area contributed by atoms with E-state index in [1.54, 1.807) is 6.07 Å². The van der Waals surface area contributed by atoms with E-state index >= 15 is 0 Å². The SMILES string of the molecule is Cl.O/N=C/C1=NCCCN1Cc1ccc(Cl)cc1Cl. The zero-order valence-corrected chi connectivity index (χ0v) is 12.4. The van der Waals surface area contributed by atoms with Crippen LogP contribution in [0.15, 0.2) is 28.3 Å². The normalized spacial score (nSPS) is 15.3. The molecule has 1 aromatic rings. The summed E-state index contributed by atoms with van der Waals surface area (Å²) in [7, 11) is 0. The molecule has 1 N–H and O–H groups in total. The summed E-state index contributed by atoms with van der Waals surface area (Å²) in [4.78, 5) is 6.33. The van der Waals surface area contributed by atoms with Gasteiger partial charge in [0, 0.05) is 29.7 Å². The van der Waals surface area contributed by atoms with E-state index in [0.29, 0.717) is 22.4 Å². The molecule has 2 rings (SSSR count). The zero-order chi connectivity index (χ0) is 13.0. The molecule has 0 fully saturated rings. The maximum Gasteiger partial charge on any atom is 0.146 e. The van der Waals surface area contributed by atoms with Crippen molar-refractivity contribution in [3.8, 4) is 0 Å². The van der Waals surface area contributed by atoms with Crippen molar-refractivity contribution in [3.05, 3.63) is 33.8 Å². The Morgan fingerprint density at radius 3 is 2.89 bits per heavy atom. The first-order valence-corrected chi connectivity index (χ1v) is 6.37. The van der Waals surface area contributed by atoms with Crippen molar-refractivity contribution in [1.29, 1.82) is 0 Å². The average molecular weight is 323 g/mol. The summed E-state index contributed by atoms with van der Waals surface area (Å²) in [5.41, 5.74) is 0.974. The Labute approximate surface area is 128 Å². The largest absolute Gasteiger partial charge is 0.411 e. The molecule has 7 heteroatoms. The van der Waals surface area contributed by atoms with Gasteiger partial charge in [-0.2, -0.15) is 0 Å². The molecular weight excluding hydrogens is 309 g/mol. The number of hydrogen-bond donors (Lipinski definition) is 1. The Morgan fingerprint density at radius 1 is 1.42 bits per heavy atom. The van der Waals surface area contributed by atoms with Crippen molar-refractivity contribution in [2.24, 2.45) is 10.1 Å². The number of hydrogen-bond acceptors (Lipinski definition) is 4. The summed E-state index contributed by atoms with van der Waals surface area (Å²) in [6.45, 7) is 2.25. The third-order valence-electron chi connectivity index (χ3n) is 2.73. The molecule has 0 spiro atoms. The van der Waals surface area contributed by atoms with Crippen LogP contribution in [0.4, 0.5) is 0 Å². The second kappa shape index (κ2) is 7.58. The van der Waals surface area contributed by atoms with E-state index in [9.17, 15) is 0 Å². The molecule has 104 valence electrons. The van der Waals surface area contributed by atoms with Crippen LogP contribution in [0, 0.1) is 0 Å². The first-order chi connectivity index (χ1) is 8.70. The fourth-order valence-corrected chi connectivity index (χ4v) is 2.33. The maximum absolute atomic E-state index is 8.61. The summed E-state index contributed by atoms with van der Waals surface area (Å²) >= 11 is 12.0. The van der Waals surface area contributed by atoms with Crippen molar-refractivity contribution in [2.75, 3.05) is 13.1 Å². The highest BCUT2D eigenvalue weighted by molar-refractivity contribution is 6.35. The third-order valence-corrected chi connectivity index (χ3v) is 3.32. The Kier molecular flexibility index (Phi) is 6.42. The minimum atomic E-state index is 0. The molecule has 0 radical (unpaired) electrons. The molecule has 0 saturated carbocycles. The zero-order valence-electron chi connectivity index (χ0n) is 10.1. The van der Waals surface area contributed by atoms with E-state index in [4.69, 9.17) is 28.4 Å². The maximum atomic E-state index is 8.61. The number of amidine groups is 1. The summed E-state index contributed by atoms with van der Waals surface area (Å²) in [6, 6.07) is 5.43. The van der Waals surface area contributed by atoms with Gasteiger partial charge in [0.1, 0.15) is 12.1 Å². The van der Waals surface area contributed by atoms with Crippen molar-refractivity contribution >= 4 is 47.7 Å². The second-order valence-electron chi connectivity index (χ2n) is 4.00. The van der Waals surface area contributed by atoms with Crippen molar-refractivity contribution < 1.29 is 5.21 Å². The average Bonchev–Trinajstić information content (AvgIpc) is 2.35. The first kappa shape index (κ1) is 16.1. The minimum absolute atomic E-state index is 0. The van der Waals surface area contributed by atoms with Crippen LogP contribution in [0.3, 0.4) is 0 Å². The van der Waals surface area contributed by atoms with Crippen molar-refractivity contribution in [3.63, 3.8) is 0 Å². The fraction of sp³-hybridized carbons (Fsp3) is 0.333. The van der Waals surface area contributed by atoms with Crippen LogP contribution in [0.5, 0.6) is 0 Å². The lowest BCUT2D eigenvalue weighted by atomic mass is 10.2. The molecule has 1 aromatic carbocycles. The number of aliphatic imine (C=N–C) groups is 1. The molecule has 1 heterocycles. The van der Waals surface area contributed by atoms with Gasteiger partial charge in [-0.05, 0) is 24.1 Å². The predicted molar refractivity (Wildman–Crippen MR) is 81.3 cm³/mol. The highest BCUT2D eigenvalue weighted by Crippen LogP contribution is 2.22. The number of halogens is 3. The number of nitrogens with zero attached hydrogens (tertiary/aromatic N) is 3. The molecule has 1 aliphatic heterocycles. The van der Waals surface area contributed by atoms with Crippen LogP contribution >= 0.6 is 35.6 Å². The third kappa shape index (κ3) is 4.27. The minimum Gasteiger partial charge on any atom is -0.411 e. The molecule has 0 bridgehead atoms. The molecule has 0 amide bonds. The Morgan fingerprint density at radius 2 is 2.21 bits per heavy atom. The summed E-state index contributed by atoms with van der Waals surface area (Å²) in [6.07, 6.45) is 2.33. The quantitative estimate of drug-likeness (QED) is 0.526. The summed E-state index contributed by atoms with van der Waals surface area (Å²) < 4.78 is 0. The molecule has 19 heavy (non-hydrogen) atoms. The Hall–Kier alpha value is -0.970.